The Hall–Kier alpha value is -1.32. The van der Waals surface area contributed by atoms with Crippen LogP contribution < -0.4 is 0 Å². The van der Waals surface area contributed by atoms with Crippen LogP contribution in [0.25, 0.3) is 5.57 Å². The Bertz CT molecular complexity index is 429. The van der Waals surface area contributed by atoms with Crippen LogP contribution in [-0.4, -0.2) is 0 Å². The molecule has 2 rings (SSSR count). The number of benzene rings is 1. The van der Waals surface area contributed by atoms with E-state index in [-0.39, 0.29) is 0 Å². The van der Waals surface area contributed by atoms with Crippen molar-refractivity contribution in [1.82, 2.24) is 0 Å². The van der Waals surface area contributed by atoms with Gasteiger partial charge in [-0.05, 0) is 42.5 Å². The van der Waals surface area contributed by atoms with E-state index in [2.05, 4.69) is 0 Å². The molecule has 0 unspecified atom stereocenters. The minimum atomic E-state index is -4.63. The Labute approximate surface area is 90.6 Å². The average molecular weight is 230 g/mol. The third-order valence-electron chi connectivity index (χ3n) is 2.68. The SMILES string of the molecule is Fc1ccc(C2=CCCC2)cc1C(F)(F)F. The lowest BCUT2D eigenvalue weighted by Crippen LogP contribution is -2.08. The minimum absolute atomic E-state index is 0.478. The summed E-state index contributed by atoms with van der Waals surface area (Å²) in [5.74, 6) is -1.21. The van der Waals surface area contributed by atoms with Gasteiger partial charge >= 0.3 is 6.18 Å². The molecule has 0 aliphatic heterocycles. The summed E-state index contributed by atoms with van der Waals surface area (Å²) in [5, 5.41) is 0. The highest BCUT2D eigenvalue weighted by Crippen LogP contribution is 2.35. The van der Waals surface area contributed by atoms with E-state index in [0.29, 0.717) is 5.56 Å². The predicted molar refractivity (Wildman–Crippen MR) is 53.2 cm³/mol. The standard InChI is InChI=1S/C12H10F4/c13-11-6-5-9(8-3-1-2-4-8)7-10(11)12(14,15)16/h3,5-7H,1-2,4H2. The van der Waals surface area contributed by atoms with Gasteiger partial charge in [0.2, 0.25) is 0 Å². The summed E-state index contributed by atoms with van der Waals surface area (Å²) in [6.45, 7) is 0. The van der Waals surface area contributed by atoms with Crippen LogP contribution >= 0.6 is 0 Å². The summed E-state index contributed by atoms with van der Waals surface area (Å²) in [7, 11) is 0. The van der Waals surface area contributed by atoms with Crippen LogP contribution in [-0.2, 0) is 6.18 Å². The zero-order valence-electron chi connectivity index (χ0n) is 8.44. The third kappa shape index (κ3) is 2.10. The summed E-state index contributed by atoms with van der Waals surface area (Å²) in [4.78, 5) is 0. The Morgan fingerprint density at radius 1 is 1.12 bits per heavy atom. The molecule has 1 aromatic carbocycles. The third-order valence-corrected chi connectivity index (χ3v) is 2.68. The van der Waals surface area contributed by atoms with Crippen LogP contribution in [0.5, 0.6) is 0 Å². The molecule has 0 saturated carbocycles. The normalized spacial score (nSPS) is 16.4. The molecule has 0 nitrogen and oxygen atoms in total. The number of hydrogen-bond donors (Lipinski definition) is 0. The molecule has 0 bridgehead atoms. The molecule has 86 valence electrons. The molecule has 0 amide bonds. The fourth-order valence-corrected chi connectivity index (χ4v) is 1.88. The van der Waals surface area contributed by atoms with Gasteiger partial charge in [-0.1, -0.05) is 12.1 Å². The van der Waals surface area contributed by atoms with Gasteiger partial charge in [-0.15, -0.1) is 0 Å². The highest BCUT2D eigenvalue weighted by Gasteiger charge is 2.34. The van der Waals surface area contributed by atoms with Gasteiger partial charge < -0.3 is 0 Å². The van der Waals surface area contributed by atoms with Crippen molar-refractivity contribution in [3.63, 3.8) is 0 Å². The lowest BCUT2D eigenvalue weighted by molar-refractivity contribution is -0.140. The highest BCUT2D eigenvalue weighted by molar-refractivity contribution is 5.67. The molecule has 1 aromatic rings. The lowest BCUT2D eigenvalue weighted by atomic mass is 10.0. The van der Waals surface area contributed by atoms with Crippen LogP contribution in [0.3, 0.4) is 0 Å². The van der Waals surface area contributed by atoms with Crippen molar-refractivity contribution in [1.29, 1.82) is 0 Å². The molecule has 0 N–H and O–H groups in total. The van der Waals surface area contributed by atoms with E-state index >= 15 is 0 Å². The van der Waals surface area contributed by atoms with Crippen molar-refractivity contribution in [2.24, 2.45) is 0 Å². The van der Waals surface area contributed by atoms with Crippen LogP contribution in [0.2, 0.25) is 0 Å². The quantitative estimate of drug-likeness (QED) is 0.627. The first kappa shape index (κ1) is 11.2. The molecular weight excluding hydrogens is 220 g/mol. The minimum Gasteiger partial charge on any atom is -0.206 e. The predicted octanol–water partition coefficient (Wildman–Crippen LogP) is 4.41. The summed E-state index contributed by atoms with van der Waals surface area (Å²) in [6.07, 6.45) is -0.113. The van der Waals surface area contributed by atoms with E-state index in [1.165, 1.54) is 6.07 Å². The zero-order chi connectivity index (χ0) is 11.8. The van der Waals surface area contributed by atoms with Crippen molar-refractivity contribution in [2.45, 2.75) is 25.4 Å². The largest absolute Gasteiger partial charge is 0.419 e. The van der Waals surface area contributed by atoms with Crippen molar-refractivity contribution in [2.75, 3.05) is 0 Å². The fraction of sp³-hybridized carbons (Fsp3) is 0.333. The Kier molecular flexibility index (Phi) is 2.74. The van der Waals surface area contributed by atoms with Gasteiger partial charge in [-0.2, -0.15) is 13.2 Å². The topological polar surface area (TPSA) is 0 Å². The van der Waals surface area contributed by atoms with Crippen LogP contribution in [0, 0.1) is 5.82 Å². The molecule has 0 radical (unpaired) electrons. The van der Waals surface area contributed by atoms with Gasteiger partial charge in [-0.3, -0.25) is 0 Å². The average Bonchev–Trinajstić information content (AvgIpc) is 2.69. The van der Waals surface area contributed by atoms with Gasteiger partial charge in [-0.25, -0.2) is 4.39 Å². The maximum atomic E-state index is 13.0. The molecule has 0 heterocycles. The molecule has 1 aliphatic carbocycles. The second-order valence-electron chi connectivity index (χ2n) is 3.81. The molecular formula is C12H10F4. The van der Waals surface area contributed by atoms with E-state index in [1.54, 1.807) is 0 Å². The molecule has 0 fully saturated rings. The van der Waals surface area contributed by atoms with E-state index < -0.39 is 17.6 Å². The monoisotopic (exact) mass is 230 g/mol. The van der Waals surface area contributed by atoms with Gasteiger partial charge in [0.1, 0.15) is 5.82 Å². The van der Waals surface area contributed by atoms with Crippen LogP contribution in [0.15, 0.2) is 24.3 Å². The fourth-order valence-electron chi connectivity index (χ4n) is 1.88. The number of rotatable bonds is 1. The second kappa shape index (κ2) is 3.92. The van der Waals surface area contributed by atoms with E-state index in [4.69, 9.17) is 0 Å². The smallest absolute Gasteiger partial charge is 0.206 e. The Morgan fingerprint density at radius 2 is 1.88 bits per heavy atom. The summed E-state index contributed by atoms with van der Waals surface area (Å²) < 4.78 is 50.4. The van der Waals surface area contributed by atoms with Gasteiger partial charge in [0.15, 0.2) is 0 Å². The maximum Gasteiger partial charge on any atom is 0.419 e. The Balaban J connectivity index is 2.43. The van der Waals surface area contributed by atoms with Crippen LogP contribution in [0.4, 0.5) is 17.6 Å². The van der Waals surface area contributed by atoms with Crippen molar-refractivity contribution in [3.05, 3.63) is 41.2 Å². The molecule has 4 heteroatoms. The summed E-state index contributed by atoms with van der Waals surface area (Å²) >= 11 is 0. The molecule has 1 aliphatic rings. The van der Waals surface area contributed by atoms with E-state index in [0.717, 1.165) is 37.0 Å². The first-order chi connectivity index (χ1) is 7.48. The van der Waals surface area contributed by atoms with E-state index in [1.807, 2.05) is 6.08 Å². The molecule has 0 saturated heterocycles. The number of alkyl halides is 3. The highest BCUT2D eigenvalue weighted by atomic mass is 19.4. The van der Waals surface area contributed by atoms with Gasteiger partial charge in [0, 0.05) is 0 Å². The molecule has 16 heavy (non-hydrogen) atoms. The number of allylic oxidation sites excluding steroid dienone is 2. The van der Waals surface area contributed by atoms with Gasteiger partial charge in [0.25, 0.3) is 0 Å². The van der Waals surface area contributed by atoms with Crippen molar-refractivity contribution in [3.8, 4) is 0 Å². The number of halogens is 4. The van der Waals surface area contributed by atoms with Crippen molar-refractivity contribution >= 4 is 5.57 Å². The molecule has 0 aromatic heterocycles. The lowest BCUT2D eigenvalue weighted by Gasteiger charge is -2.10. The van der Waals surface area contributed by atoms with Crippen LogP contribution in [0.1, 0.15) is 30.4 Å². The first-order valence-electron chi connectivity index (χ1n) is 5.04. The summed E-state index contributed by atoms with van der Waals surface area (Å²) in [6, 6.07) is 3.19. The molecule has 0 atom stereocenters. The molecule has 0 spiro atoms. The maximum absolute atomic E-state index is 13.0. The second-order valence-corrected chi connectivity index (χ2v) is 3.81. The zero-order valence-corrected chi connectivity index (χ0v) is 8.44. The van der Waals surface area contributed by atoms with Crippen molar-refractivity contribution < 1.29 is 17.6 Å². The number of hydrogen-bond acceptors (Lipinski definition) is 0. The van der Waals surface area contributed by atoms with Gasteiger partial charge in [0.05, 0.1) is 5.56 Å². The summed E-state index contributed by atoms with van der Waals surface area (Å²) in [5.41, 5.74) is 0.175. The van der Waals surface area contributed by atoms with E-state index in [9.17, 15) is 17.6 Å². The Morgan fingerprint density at radius 3 is 2.44 bits per heavy atom. The first-order valence-corrected chi connectivity index (χ1v) is 5.04.